The fourth-order valence-corrected chi connectivity index (χ4v) is 2.02. The molecule has 0 aliphatic heterocycles. The Morgan fingerprint density at radius 1 is 1.62 bits per heavy atom. The largest absolute Gasteiger partial charge is 0.484 e. The van der Waals surface area contributed by atoms with Gasteiger partial charge in [-0.05, 0) is 27.0 Å². The predicted molar refractivity (Wildman–Crippen MR) is 77.9 cm³/mol. The number of carboxylic acids is 1. The lowest BCUT2D eigenvalue weighted by molar-refractivity contribution is -0.386. The van der Waals surface area contributed by atoms with Crippen molar-refractivity contribution < 1.29 is 19.6 Å². The topological polar surface area (TPSA) is 102 Å². The van der Waals surface area contributed by atoms with E-state index < -0.39 is 22.5 Å². The zero-order valence-electron chi connectivity index (χ0n) is 11.9. The minimum Gasteiger partial charge on any atom is -0.484 e. The van der Waals surface area contributed by atoms with Crippen LogP contribution in [0.15, 0.2) is 18.2 Å². The van der Waals surface area contributed by atoms with Gasteiger partial charge in [0.15, 0.2) is 5.75 Å². The number of ether oxygens (including phenoxy) is 1. The van der Waals surface area contributed by atoms with E-state index in [4.69, 9.17) is 16.3 Å². The highest BCUT2D eigenvalue weighted by Gasteiger charge is 2.34. The van der Waals surface area contributed by atoms with Gasteiger partial charge >= 0.3 is 11.7 Å². The Kier molecular flexibility index (Phi) is 5.51. The SMILES string of the molecule is CNC(C)(CC(C)Oc1cc(Cl)ccc1[N+](=O)[O-])C(=O)O. The van der Waals surface area contributed by atoms with Crippen molar-refractivity contribution in [2.75, 3.05) is 7.05 Å². The third-order valence-corrected chi connectivity index (χ3v) is 3.40. The maximum atomic E-state index is 11.2. The van der Waals surface area contributed by atoms with Crippen LogP contribution < -0.4 is 10.1 Å². The smallest absolute Gasteiger partial charge is 0.323 e. The van der Waals surface area contributed by atoms with E-state index in [9.17, 15) is 20.0 Å². The molecule has 1 rings (SSSR count). The fraction of sp³-hybridized carbons (Fsp3) is 0.462. The summed E-state index contributed by atoms with van der Waals surface area (Å²) >= 11 is 5.81. The van der Waals surface area contributed by atoms with Crippen LogP contribution in [0.1, 0.15) is 20.3 Å². The zero-order chi connectivity index (χ0) is 16.2. The maximum Gasteiger partial charge on any atom is 0.323 e. The van der Waals surface area contributed by atoms with Crippen LogP contribution in [0.3, 0.4) is 0 Å². The van der Waals surface area contributed by atoms with Crippen LogP contribution in [-0.2, 0) is 4.79 Å². The number of aliphatic carboxylic acids is 1. The summed E-state index contributed by atoms with van der Waals surface area (Å²) in [5.41, 5.74) is -1.40. The molecule has 0 saturated heterocycles. The molecular weight excluding hydrogens is 300 g/mol. The van der Waals surface area contributed by atoms with E-state index in [0.29, 0.717) is 5.02 Å². The van der Waals surface area contributed by atoms with Gasteiger partial charge in [-0.3, -0.25) is 14.9 Å². The second-order valence-corrected chi connectivity index (χ2v) is 5.33. The van der Waals surface area contributed by atoms with Crippen molar-refractivity contribution in [3.8, 4) is 5.75 Å². The molecule has 21 heavy (non-hydrogen) atoms. The number of nitrogens with zero attached hydrogens (tertiary/aromatic N) is 1. The Morgan fingerprint density at radius 3 is 2.71 bits per heavy atom. The van der Waals surface area contributed by atoms with Crippen LogP contribution >= 0.6 is 11.6 Å². The van der Waals surface area contributed by atoms with Crippen LogP contribution in [0.4, 0.5) is 5.69 Å². The lowest BCUT2D eigenvalue weighted by atomic mass is 9.95. The average Bonchev–Trinajstić information content (AvgIpc) is 2.37. The number of likely N-dealkylation sites (N-methyl/N-ethyl adjacent to an activating group) is 1. The monoisotopic (exact) mass is 316 g/mol. The van der Waals surface area contributed by atoms with E-state index in [1.807, 2.05) is 0 Å². The molecular formula is C13H17ClN2O5. The number of hydrogen-bond acceptors (Lipinski definition) is 5. The molecule has 0 aromatic heterocycles. The van der Waals surface area contributed by atoms with Crippen molar-refractivity contribution in [3.05, 3.63) is 33.3 Å². The number of halogens is 1. The number of carboxylic acid groups (broad SMARTS) is 1. The quantitative estimate of drug-likeness (QED) is 0.592. The fourth-order valence-electron chi connectivity index (χ4n) is 1.86. The third-order valence-electron chi connectivity index (χ3n) is 3.17. The molecule has 0 fully saturated rings. The molecule has 0 saturated carbocycles. The molecule has 0 bridgehead atoms. The number of nitrogens with one attached hydrogen (secondary N) is 1. The van der Waals surface area contributed by atoms with Gasteiger partial charge in [0.1, 0.15) is 5.54 Å². The van der Waals surface area contributed by atoms with Gasteiger partial charge in [-0.25, -0.2) is 0 Å². The lowest BCUT2D eigenvalue weighted by Gasteiger charge is -2.27. The van der Waals surface area contributed by atoms with Gasteiger partial charge in [-0.1, -0.05) is 11.6 Å². The molecule has 2 atom stereocenters. The van der Waals surface area contributed by atoms with E-state index in [0.717, 1.165) is 0 Å². The van der Waals surface area contributed by atoms with Crippen LogP contribution in [0.5, 0.6) is 5.75 Å². The Labute approximate surface area is 127 Å². The van der Waals surface area contributed by atoms with E-state index >= 15 is 0 Å². The molecule has 1 aromatic rings. The summed E-state index contributed by atoms with van der Waals surface area (Å²) in [6.07, 6.45) is -0.432. The van der Waals surface area contributed by atoms with Gasteiger partial charge in [0.05, 0.1) is 11.0 Å². The lowest BCUT2D eigenvalue weighted by Crippen LogP contribution is -2.50. The average molecular weight is 317 g/mol. The van der Waals surface area contributed by atoms with Crippen molar-refractivity contribution in [2.45, 2.75) is 31.9 Å². The minimum atomic E-state index is -1.19. The molecule has 0 heterocycles. The molecule has 7 nitrogen and oxygen atoms in total. The molecule has 0 amide bonds. The summed E-state index contributed by atoms with van der Waals surface area (Å²) in [6, 6.07) is 3.98. The number of hydrogen-bond donors (Lipinski definition) is 2. The molecule has 2 unspecified atom stereocenters. The first-order valence-corrected chi connectivity index (χ1v) is 6.60. The van der Waals surface area contributed by atoms with E-state index in [-0.39, 0.29) is 17.9 Å². The minimum absolute atomic E-state index is 0.0174. The maximum absolute atomic E-state index is 11.2. The molecule has 1 aromatic carbocycles. The first kappa shape index (κ1) is 17.2. The normalized spacial score (nSPS) is 15.0. The zero-order valence-corrected chi connectivity index (χ0v) is 12.7. The molecule has 0 spiro atoms. The highest BCUT2D eigenvalue weighted by Crippen LogP contribution is 2.31. The number of nitro benzene ring substituents is 1. The Morgan fingerprint density at radius 2 is 2.24 bits per heavy atom. The van der Waals surface area contributed by atoms with Gasteiger partial charge in [0.2, 0.25) is 0 Å². The molecule has 0 aliphatic carbocycles. The Hall–Kier alpha value is -1.86. The number of nitro groups is 1. The molecule has 116 valence electrons. The second kappa shape index (κ2) is 6.73. The summed E-state index contributed by atoms with van der Waals surface area (Å²) in [5.74, 6) is -1.01. The Balaban J connectivity index is 2.93. The van der Waals surface area contributed by atoms with Crippen molar-refractivity contribution in [3.63, 3.8) is 0 Å². The Bertz CT molecular complexity index is 551. The summed E-state index contributed by atoms with van der Waals surface area (Å²) in [5, 5.41) is 23.1. The molecule has 0 radical (unpaired) electrons. The van der Waals surface area contributed by atoms with Crippen LogP contribution in [0, 0.1) is 10.1 Å². The predicted octanol–water partition coefficient (Wildman–Crippen LogP) is 2.47. The molecule has 8 heteroatoms. The molecule has 0 aliphatic rings. The van der Waals surface area contributed by atoms with Crippen molar-refractivity contribution in [1.29, 1.82) is 0 Å². The first-order valence-electron chi connectivity index (χ1n) is 6.22. The van der Waals surface area contributed by atoms with Crippen molar-refractivity contribution >= 4 is 23.3 Å². The van der Waals surface area contributed by atoms with Gasteiger partial charge in [0.25, 0.3) is 0 Å². The standard InChI is InChI=1S/C13H17ClN2O5/c1-8(7-13(2,15-3)12(17)18)21-11-6-9(14)4-5-10(11)16(19)20/h4-6,8,15H,7H2,1-3H3,(H,17,18). The van der Waals surface area contributed by atoms with Crippen molar-refractivity contribution in [1.82, 2.24) is 5.32 Å². The van der Waals surface area contributed by atoms with Crippen LogP contribution in [0.2, 0.25) is 5.02 Å². The van der Waals surface area contributed by atoms with Crippen LogP contribution in [-0.4, -0.2) is 34.7 Å². The third kappa shape index (κ3) is 4.30. The van der Waals surface area contributed by atoms with Crippen molar-refractivity contribution in [2.24, 2.45) is 0 Å². The van der Waals surface area contributed by atoms with Gasteiger partial charge in [0, 0.05) is 23.6 Å². The summed E-state index contributed by atoms with van der Waals surface area (Å²) in [6.45, 7) is 3.16. The van der Waals surface area contributed by atoms with Gasteiger partial charge in [-0.15, -0.1) is 0 Å². The first-order chi connectivity index (χ1) is 9.69. The van der Waals surface area contributed by atoms with E-state index in [2.05, 4.69) is 5.32 Å². The summed E-state index contributed by atoms with van der Waals surface area (Å²) in [4.78, 5) is 21.6. The van der Waals surface area contributed by atoms with Gasteiger partial charge < -0.3 is 15.2 Å². The second-order valence-electron chi connectivity index (χ2n) is 4.89. The van der Waals surface area contributed by atoms with E-state index in [1.165, 1.54) is 32.2 Å². The number of rotatable bonds is 7. The molecule has 2 N–H and O–H groups in total. The highest BCUT2D eigenvalue weighted by molar-refractivity contribution is 6.30. The van der Waals surface area contributed by atoms with Gasteiger partial charge in [-0.2, -0.15) is 0 Å². The van der Waals surface area contributed by atoms with Crippen LogP contribution in [0.25, 0.3) is 0 Å². The summed E-state index contributed by atoms with van der Waals surface area (Å²) in [7, 11) is 1.53. The number of carbonyl (C=O) groups is 1. The number of benzene rings is 1. The van der Waals surface area contributed by atoms with E-state index in [1.54, 1.807) is 6.92 Å². The summed E-state index contributed by atoms with van der Waals surface area (Å²) < 4.78 is 5.51. The highest BCUT2D eigenvalue weighted by atomic mass is 35.5.